The monoisotopic (exact) mass is 595 g/mol. The first-order chi connectivity index (χ1) is 20.8. The van der Waals surface area contributed by atoms with Gasteiger partial charge in [-0.15, -0.1) is 0 Å². The van der Waals surface area contributed by atoms with Gasteiger partial charge in [-0.25, -0.2) is 17.5 Å². The summed E-state index contributed by atoms with van der Waals surface area (Å²) in [5.74, 6) is -0.458. The zero-order valence-electron chi connectivity index (χ0n) is 23.6. The van der Waals surface area contributed by atoms with Gasteiger partial charge in [-0.2, -0.15) is 5.10 Å². The Balaban J connectivity index is 1.24. The number of hydrogen-bond donors (Lipinski definition) is 3. The molecular formula is C32H30FN7O2S. The van der Waals surface area contributed by atoms with Crippen LogP contribution in [0.25, 0.3) is 55.4 Å². The first-order valence-corrected chi connectivity index (χ1v) is 16.0. The van der Waals surface area contributed by atoms with Crippen molar-refractivity contribution in [3.8, 4) is 33.6 Å². The maximum atomic E-state index is 14.6. The van der Waals surface area contributed by atoms with Gasteiger partial charge in [-0.1, -0.05) is 6.07 Å². The smallest absolute Gasteiger partial charge is 0.209 e. The van der Waals surface area contributed by atoms with Gasteiger partial charge in [0.1, 0.15) is 11.5 Å². The minimum absolute atomic E-state index is 0.0103. The quantitative estimate of drug-likeness (QED) is 0.210. The molecule has 9 nitrogen and oxygen atoms in total. The van der Waals surface area contributed by atoms with Gasteiger partial charge in [0.2, 0.25) is 10.0 Å². The van der Waals surface area contributed by atoms with Crippen molar-refractivity contribution in [2.45, 2.75) is 25.9 Å². The van der Waals surface area contributed by atoms with Crippen LogP contribution < -0.4 is 4.72 Å². The molecular weight excluding hydrogens is 565 g/mol. The normalized spacial score (nSPS) is 14.3. The largest absolute Gasteiger partial charge is 0.352 e. The van der Waals surface area contributed by atoms with Crippen LogP contribution in [0.5, 0.6) is 0 Å². The van der Waals surface area contributed by atoms with Crippen LogP contribution in [0.3, 0.4) is 0 Å². The summed E-state index contributed by atoms with van der Waals surface area (Å²) in [4.78, 5) is 14.8. The van der Waals surface area contributed by atoms with Crippen molar-refractivity contribution in [1.82, 2.24) is 34.8 Å². The number of fused-ring (bicyclic) bond motifs is 2. The number of halogens is 1. The Morgan fingerprint density at radius 3 is 2.51 bits per heavy atom. The number of aromatic nitrogens is 5. The van der Waals surface area contributed by atoms with Crippen molar-refractivity contribution >= 4 is 31.8 Å². The Morgan fingerprint density at radius 2 is 1.67 bits per heavy atom. The number of rotatable bonds is 8. The Bertz CT molecular complexity index is 2080. The lowest BCUT2D eigenvalue weighted by Gasteiger charge is -2.14. The van der Waals surface area contributed by atoms with Crippen LogP contribution >= 0.6 is 0 Å². The van der Waals surface area contributed by atoms with E-state index < -0.39 is 15.8 Å². The molecule has 1 fully saturated rings. The summed E-state index contributed by atoms with van der Waals surface area (Å²) >= 11 is 0. The van der Waals surface area contributed by atoms with Crippen LogP contribution in [0, 0.1) is 5.82 Å². The molecule has 3 N–H and O–H groups in total. The lowest BCUT2D eigenvalue weighted by molar-refractivity contribution is 0.331. The Labute approximate surface area is 248 Å². The third kappa shape index (κ3) is 5.79. The molecule has 43 heavy (non-hydrogen) atoms. The molecule has 2 aromatic carbocycles. The van der Waals surface area contributed by atoms with Crippen molar-refractivity contribution in [2.24, 2.45) is 0 Å². The number of hydrogen-bond acceptors (Lipinski definition) is 6. The van der Waals surface area contributed by atoms with E-state index in [9.17, 15) is 12.8 Å². The van der Waals surface area contributed by atoms with Gasteiger partial charge in [0.05, 0.1) is 29.2 Å². The number of nitrogens with zero attached hydrogens (tertiary/aromatic N) is 4. The number of aromatic amines is 2. The van der Waals surface area contributed by atoms with Crippen LogP contribution in [-0.4, -0.2) is 57.8 Å². The molecule has 5 heterocycles. The van der Waals surface area contributed by atoms with E-state index in [-0.39, 0.29) is 6.54 Å². The fraction of sp³-hybridized carbons (Fsp3) is 0.219. The highest BCUT2D eigenvalue weighted by molar-refractivity contribution is 7.88. The van der Waals surface area contributed by atoms with Crippen LogP contribution in [0.1, 0.15) is 24.0 Å². The Kier molecular flexibility index (Phi) is 7.00. The van der Waals surface area contributed by atoms with Crippen LogP contribution in [0.15, 0.2) is 73.3 Å². The van der Waals surface area contributed by atoms with E-state index in [2.05, 4.69) is 53.0 Å². The summed E-state index contributed by atoms with van der Waals surface area (Å²) in [7, 11) is -3.42. The zero-order chi connectivity index (χ0) is 29.6. The summed E-state index contributed by atoms with van der Waals surface area (Å²) in [6, 6.07) is 15.0. The van der Waals surface area contributed by atoms with Gasteiger partial charge < -0.3 is 4.98 Å². The minimum atomic E-state index is -3.42. The number of pyridine rings is 2. The molecule has 0 saturated carbocycles. The standard InChI is InChI=1S/C32H30FN7O2S/c1-43(41,42)36-15-20-8-23(11-25(33)10-20)28-17-35-18-31-26(28)13-30(37-31)32-27-12-22(4-5-29(27)38-39-32)24-9-21(14-34-16-24)19-40-6-2-3-7-40/h4-5,8-14,16-18,36-37H,2-3,6-7,15,19H2,1H3,(H,38,39). The molecule has 7 rings (SSSR count). The van der Waals surface area contributed by atoms with Gasteiger partial charge in [-0.05, 0) is 90.6 Å². The number of benzene rings is 2. The van der Waals surface area contributed by atoms with E-state index in [0.29, 0.717) is 11.1 Å². The van der Waals surface area contributed by atoms with E-state index >= 15 is 0 Å². The fourth-order valence-electron chi connectivity index (χ4n) is 5.86. The third-order valence-corrected chi connectivity index (χ3v) is 8.57. The lowest BCUT2D eigenvalue weighted by Crippen LogP contribution is -2.21. The predicted octanol–water partition coefficient (Wildman–Crippen LogP) is 5.62. The SMILES string of the molecule is CS(=O)(=O)NCc1cc(F)cc(-c2cncc3[nH]c(-c4n[nH]c5ccc(-c6cncc(CN7CCCC7)c6)cc45)cc23)c1. The van der Waals surface area contributed by atoms with E-state index in [1.807, 2.05) is 24.5 Å². The highest BCUT2D eigenvalue weighted by atomic mass is 32.2. The summed E-state index contributed by atoms with van der Waals surface area (Å²) in [6.07, 6.45) is 10.8. The van der Waals surface area contributed by atoms with E-state index in [4.69, 9.17) is 0 Å². The first kappa shape index (κ1) is 27.4. The Hall–Kier alpha value is -4.45. The molecule has 6 aromatic rings. The average molecular weight is 596 g/mol. The average Bonchev–Trinajstić information content (AvgIpc) is 3.75. The summed E-state index contributed by atoms with van der Waals surface area (Å²) in [5.41, 5.74) is 8.39. The van der Waals surface area contributed by atoms with Gasteiger partial charge in [-0.3, -0.25) is 20.0 Å². The first-order valence-electron chi connectivity index (χ1n) is 14.2. The van der Waals surface area contributed by atoms with E-state index in [1.165, 1.54) is 30.5 Å². The molecule has 11 heteroatoms. The zero-order valence-corrected chi connectivity index (χ0v) is 24.4. The highest BCUT2D eigenvalue weighted by Crippen LogP contribution is 2.35. The molecule has 1 aliphatic rings. The van der Waals surface area contributed by atoms with Crippen molar-refractivity contribution in [2.75, 3.05) is 19.3 Å². The highest BCUT2D eigenvalue weighted by Gasteiger charge is 2.17. The van der Waals surface area contributed by atoms with Crippen LogP contribution in [0.2, 0.25) is 0 Å². The second-order valence-electron chi connectivity index (χ2n) is 11.2. The lowest BCUT2D eigenvalue weighted by atomic mass is 10.0. The molecule has 0 unspecified atom stereocenters. The van der Waals surface area contributed by atoms with Gasteiger partial charge in [0.25, 0.3) is 0 Å². The fourth-order valence-corrected chi connectivity index (χ4v) is 6.29. The van der Waals surface area contributed by atoms with E-state index in [1.54, 1.807) is 18.5 Å². The van der Waals surface area contributed by atoms with Gasteiger partial charge in [0.15, 0.2) is 0 Å². The van der Waals surface area contributed by atoms with Crippen molar-refractivity contribution in [1.29, 1.82) is 0 Å². The molecule has 0 radical (unpaired) electrons. The molecule has 0 atom stereocenters. The molecule has 0 aliphatic carbocycles. The molecule has 0 bridgehead atoms. The van der Waals surface area contributed by atoms with Crippen molar-refractivity contribution in [3.05, 3.63) is 90.3 Å². The second-order valence-corrected chi connectivity index (χ2v) is 13.0. The molecule has 0 spiro atoms. The topological polar surface area (TPSA) is 120 Å². The molecule has 4 aromatic heterocycles. The Morgan fingerprint density at radius 1 is 0.860 bits per heavy atom. The second kappa shape index (κ2) is 11.0. The van der Waals surface area contributed by atoms with E-state index in [0.717, 1.165) is 75.8 Å². The van der Waals surface area contributed by atoms with Gasteiger partial charge >= 0.3 is 0 Å². The molecule has 1 aliphatic heterocycles. The molecule has 218 valence electrons. The molecule has 0 amide bonds. The molecule has 1 saturated heterocycles. The minimum Gasteiger partial charge on any atom is -0.352 e. The van der Waals surface area contributed by atoms with Gasteiger partial charge in [0, 0.05) is 53.6 Å². The summed E-state index contributed by atoms with van der Waals surface area (Å²) < 4.78 is 40.2. The number of sulfonamides is 1. The third-order valence-electron chi connectivity index (χ3n) is 7.90. The van der Waals surface area contributed by atoms with Crippen LogP contribution in [-0.2, 0) is 23.1 Å². The van der Waals surface area contributed by atoms with Crippen molar-refractivity contribution in [3.63, 3.8) is 0 Å². The maximum absolute atomic E-state index is 14.6. The number of nitrogens with one attached hydrogen (secondary N) is 3. The predicted molar refractivity (Wildman–Crippen MR) is 166 cm³/mol. The maximum Gasteiger partial charge on any atom is 0.209 e. The summed E-state index contributed by atoms with van der Waals surface area (Å²) in [5, 5.41) is 9.59. The van der Waals surface area contributed by atoms with Crippen LogP contribution in [0.4, 0.5) is 4.39 Å². The number of likely N-dealkylation sites (tertiary alicyclic amines) is 1. The van der Waals surface area contributed by atoms with Crippen molar-refractivity contribution < 1.29 is 12.8 Å². The summed E-state index contributed by atoms with van der Waals surface area (Å²) in [6.45, 7) is 3.17. The number of H-pyrrole nitrogens is 2.